The van der Waals surface area contributed by atoms with Crippen LogP contribution in [-0.2, 0) is 0 Å². The minimum atomic E-state index is -0.293. The highest BCUT2D eigenvalue weighted by Crippen LogP contribution is 2.56. The van der Waals surface area contributed by atoms with Gasteiger partial charge in [0, 0.05) is 20.6 Å². The van der Waals surface area contributed by atoms with E-state index in [1.807, 2.05) is 0 Å². The van der Waals surface area contributed by atoms with E-state index in [0.29, 0.717) is 0 Å². The molecule has 2 heteroatoms. The number of rotatable bonds is 0. The molecule has 0 nitrogen and oxygen atoms in total. The Balaban J connectivity index is 0.000000490. The molecule has 0 N–H and O–H groups in total. The standard InChI is InChI=1S/C6H14P.ClH/c1-7(2)5-3-4-6-7;/h3-6H2,1-2H3;1H/q+1;/p-1. The van der Waals surface area contributed by atoms with Crippen LogP contribution in [0.5, 0.6) is 0 Å². The molecule has 1 aliphatic heterocycles. The molecule has 0 aromatic rings. The molecule has 0 unspecified atom stereocenters. The minimum Gasteiger partial charge on any atom is -1.00 e. The van der Waals surface area contributed by atoms with Crippen molar-refractivity contribution in [3.8, 4) is 0 Å². The summed E-state index contributed by atoms with van der Waals surface area (Å²) in [4.78, 5) is 0. The molecule has 0 aromatic carbocycles. The molecule has 1 rings (SSSR count). The molecule has 0 spiro atoms. The first-order chi connectivity index (χ1) is 3.21. The summed E-state index contributed by atoms with van der Waals surface area (Å²) in [5.41, 5.74) is 0. The third-order valence-electron chi connectivity index (χ3n) is 1.78. The fourth-order valence-corrected chi connectivity index (χ4v) is 3.57. The Morgan fingerprint density at radius 2 is 1.38 bits per heavy atom. The van der Waals surface area contributed by atoms with Crippen LogP contribution in [0.2, 0.25) is 0 Å². The molecule has 1 aliphatic rings. The van der Waals surface area contributed by atoms with Crippen LogP contribution >= 0.6 is 7.26 Å². The second kappa shape index (κ2) is 3.03. The summed E-state index contributed by atoms with van der Waals surface area (Å²) in [6.07, 6.45) is 6.15. The smallest absolute Gasteiger partial charge is 0.0590 e. The number of hydrogen-bond acceptors (Lipinski definition) is 0. The fraction of sp³-hybridized carbons (Fsp3) is 1.00. The van der Waals surface area contributed by atoms with Crippen LogP contribution in [-0.4, -0.2) is 25.7 Å². The summed E-state index contributed by atoms with van der Waals surface area (Å²) in [6, 6.07) is 0. The van der Waals surface area contributed by atoms with Gasteiger partial charge in [0.15, 0.2) is 0 Å². The van der Waals surface area contributed by atoms with E-state index in [1.165, 1.54) is 12.8 Å². The van der Waals surface area contributed by atoms with E-state index in [-0.39, 0.29) is 19.7 Å². The van der Waals surface area contributed by atoms with Gasteiger partial charge in [-0.05, 0) is 12.8 Å². The Morgan fingerprint density at radius 1 is 1.00 bits per heavy atom. The van der Waals surface area contributed by atoms with Crippen LogP contribution in [0.1, 0.15) is 12.8 Å². The van der Waals surface area contributed by atoms with Crippen LogP contribution in [0.3, 0.4) is 0 Å². The lowest BCUT2D eigenvalue weighted by molar-refractivity contribution is -0.00000173. The first-order valence-corrected chi connectivity index (χ1v) is 6.08. The van der Waals surface area contributed by atoms with Crippen LogP contribution in [0.25, 0.3) is 0 Å². The summed E-state index contributed by atoms with van der Waals surface area (Å²) in [5.74, 6) is 0. The van der Waals surface area contributed by atoms with Gasteiger partial charge in [0.2, 0.25) is 0 Å². The lowest BCUT2D eigenvalue weighted by Gasteiger charge is -2.06. The van der Waals surface area contributed by atoms with Crippen LogP contribution < -0.4 is 12.4 Å². The van der Waals surface area contributed by atoms with Gasteiger partial charge in [-0.3, -0.25) is 0 Å². The highest BCUT2D eigenvalue weighted by Gasteiger charge is 2.28. The largest absolute Gasteiger partial charge is 1.00 e. The van der Waals surface area contributed by atoms with Gasteiger partial charge in [-0.25, -0.2) is 0 Å². The molecule has 0 saturated carbocycles. The lowest BCUT2D eigenvalue weighted by atomic mass is 10.4. The predicted molar refractivity (Wildman–Crippen MR) is 37.7 cm³/mol. The zero-order valence-corrected chi connectivity index (χ0v) is 7.30. The van der Waals surface area contributed by atoms with Gasteiger partial charge < -0.3 is 12.4 Å². The lowest BCUT2D eigenvalue weighted by Crippen LogP contribution is -3.00. The van der Waals surface area contributed by atoms with Gasteiger partial charge in [-0.1, -0.05) is 0 Å². The molecule has 0 aromatic heterocycles. The Bertz CT molecular complexity index is 62.9. The predicted octanol–water partition coefficient (Wildman–Crippen LogP) is -0.939. The minimum absolute atomic E-state index is 0. The molecule has 1 saturated heterocycles. The topological polar surface area (TPSA) is 0 Å². The molecule has 1 heterocycles. The Kier molecular flexibility index (Phi) is 3.31. The van der Waals surface area contributed by atoms with E-state index in [2.05, 4.69) is 13.3 Å². The van der Waals surface area contributed by atoms with Crippen molar-refractivity contribution in [3.63, 3.8) is 0 Å². The average Bonchev–Trinajstić information content (AvgIpc) is 1.84. The highest BCUT2D eigenvalue weighted by molar-refractivity contribution is 7.74. The van der Waals surface area contributed by atoms with Gasteiger partial charge in [-0.15, -0.1) is 0 Å². The third kappa shape index (κ3) is 2.33. The van der Waals surface area contributed by atoms with E-state index in [9.17, 15) is 0 Å². The molecular formula is C6H14ClP. The zero-order chi connectivity index (χ0) is 5.33. The third-order valence-corrected chi connectivity index (χ3v) is 4.83. The van der Waals surface area contributed by atoms with Crippen molar-refractivity contribution < 1.29 is 12.4 Å². The van der Waals surface area contributed by atoms with Crippen molar-refractivity contribution in [3.05, 3.63) is 0 Å². The van der Waals surface area contributed by atoms with E-state index in [1.54, 1.807) is 12.3 Å². The van der Waals surface area contributed by atoms with Gasteiger partial charge in [0.25, 0.3) is 0 Å². The second-order valence-corrected chi connectivity index (χ2v) is 7.86. The van der Waals surface area contributed by atoms with E-state index >= 15 is 0 Å². The molecule has 1 fully saturated rings. The maximum absolute atomic E-state index is 2.47. The maximum atomic E-state index is 2.47. The molecule has 0 aliphatic carbocycles. The maximum Gasteiger partial charge on any atom is 0.0590 e. The highest BCUT2D eigenvalue weighted by atomic mass is 35.5. The monoisotopic (exact) mass is 152 g/mol. The summed E-state index contributed by atoms with van der Waals surface area (Å²) in [6.45, 7) is 4.94. The van der Waals surface area contributed by atoms with Crippen LogP contribution in [0.15, 0.2) is 0 Å². The Hall–Kier alpha value is 0.720. The van der Waals surface area contributed by atoms with Crippen molar-refractivity contribution in [2.45, 2.75) is 12.8 Å². The quantitative estimate of drug-likeness (QED) is 0.393. The van der Waals surface area contributed by atoms with Gasteiger partial charge in [-0.2, -0.15) is 0 Å². The molecule has 8 heavy (non-hydrogen) atoms. The van der Waals surface area contributed by atoms with Crippen LogP contribution in [0.4, 0.5) is 0 Å². The van der Waals surface area contributed by atoms with Crippen molar-refractivity contribution in [1.82, 2.24) is 0 Å². The van der Waals surface area contributed by atoms with Crippen molar-refractivity contribution in [2.24, 2.45) is 0 Å². The molecule has 0 bridgehead atoms. The summed E-state index contributed by atoms with van der Waals surface area (Å²) in [5, 5.41) is 0. The Morgan fingerprint density at radius 3 is 1.50 bits per heavy atom. The zero-order valence-electron chi connectivity index (χ0n) is 5.65. The molecule has 50 valence electrons. The SMILES string of the molecule is C[P+]1(C)CCCC1.[Cl-]. The summed E-state index contributed by atoms with van der Waals surface area (Å²) >= 11 is 0. The second-order valence-electron chi connectivity index (χ2n) is 3.09. The number of hydrogen-bond donors (Lipinski definition) is 0. The van der Waals surface area contributed by atoms with Gasteiger partial charge in [0.05, 0.1) is 12.3 Å². The van der Waals surface area contributed by atoms with Gasteiger partial charge in [0.1, 0.15) is 0 Å². The van der Waals surface area contributed by atoms with Crippen molar-refractivity contribution in [2.75, 3.05) is 25.7 Å². The van der Waals surface area contributed by atoms with Crippen molar-refractivity contribution in [1.29, 1.82) is 0 Å². The van der Waals surface area contributed by atoms with E-state index in [4.69, 9.17) is 0 Å². The summed E-state index contributed by atoms with van der Waals surface area (Å²) in [7, 11) is -0.293. The first-order valence-electron chi connectivity index (χ1n) is 3.03. The molecular weight excluding hydrogens is 138 g/mol. The van der Waals surface area contributed by atoms with Gasteiger partial charge >= 0.3 is 0 Å². The first kappa shape index (κ1) is 8.72. The molecule has 0 amide bonds. The molecule has 0 atom stereocenters. The normalized spacial score (nSPS) is 24.8. The number of halogens is 1. The van der Waals surface area contributed by atoms with Crippen molar-refractivity contribution >= 4 is 7.26 Å². The molecule has 0 radical (unpaired) electrons. The average molecular weight is 153 g/mol. The fourth-order valence-electron chi connectivity index (χ4n) is 1.19. The summed E-state index contributed by atoms with van der Waals surface area (Å²) < 4.78 is 0. The Labute approximate surface area is 58.8 Å². The van der Waals surface area contributed by atoms with Crippen LogP contribution in [0, 0.1) is 0 Å². The van der Waals surface area contributed by atoms with E-state index in [0.717, 1.165) is 0 Å². The van der Waals surface area contributed by atoms with E-state index < -0.39 is 0 Å².